The lowest BCUT2D eigenvalue weighted by atomic mass is 10.1. The normalized spacial score (nSPS) is 14.8. The number of methoxy groups -OCH3 is 3. The van der Waals surface area contributed by atoms with Crippen molar-refractivity contribution in [1.82, 2.24) is 0 Å². The first-order valence-electron chi connectivity index (χ1n) is 22.7. The lowest BCUT2D eigenvalue weighted by molar-refractivity contribution is 0.0264. The van der Waals surface area contributed by atoms with Gasteiger partial charge in [-0.15, -0.1) is 0 Å². The highest BCUT2D eigenvalue weighted by atomic mass is 32.1. The molecule has 0 bridgehead atoms. The van der Waals surface area contributed by atoms with E-state index in [1.165, 1.54) is 7.11 Å². The van der Waals surface area contributed by atoms with Crippen molar-refractivity contribution in [3.05, 3.63) is 124 Å². The lowest BCUT2D eigenvalue weighted by Gasteiger charge is -2.32. The predicted octanol–water partition coefficient (Wildman–Crippen LogP) is 8.35. The number of amides is 2. The Balaban J connectivity index is 1.06. The second kappa shape index (κ2) is 21.8. The lowest BCUT2D eigenvalue weighted by Crippen LogP contribution is -2.37. The standard InChI is InChI=1S/C52H59N5O10S/c1-52(2,68)33-55(16-17-64-20-21-65-19-18-61-3)38-23-34(31-66-48-28-42-40(26-46(48)62-4)51(59)57-39(30-53-42)25-37-11-7-9-13-45(37)57)22-35(24-38)32-67-49-29-43(54-60)41(27-47(49)63-5)50(58)56-15-14-36-10-6-8-12-44(36)56/h6-13,22-24,26-30,39,54,60,68H,14-21,25,31-33H2,1-5H3/t39-/m0/s1. The molecular formula is C52H59N5O10S. The van der Waals surface area contributed by atoms with Crippen LogP contribution in [-0.4, -0.2) is 108 Å². The number of hydrogen-bond acceptors (Lipinski definition) is 14. The number of ether oxygens (including phenoxy) is 7. The van der Waals surface area contributed by atoms with E-state index in [4.69, 9.17) is 50.8 Å². The first-order chi connectivity index (χ1) is 33.0. The molecule has 0 spiro atoms. The Bertz CT molecular complexity index is 2640. The first-order valence-corrected chi connectivity index (χ1v) is 23.1. The summed E-state index contributed by atoms with van der Waals surface area (Å²) in [5.74, 6) is 1.03. The fraction of sp³-hybridized carbons (Fsp3) is 0.365. The van der Waals surface area contributed by atoms with Crippen LogP contribution in [0.5, 0.6) is 23.0 Å². The molecule has 3 aliphatic heterocycles. The van der Waals surface area contributed by atoms with Gasteiger partial charge in [0.15, 0.2) is 23.0 Å². The van der Waals surface area contributed by atoms with Crippen LogP contribution < -0.4 is 39.1 Å². The summed E-state index contributed by atoms with van der Waals surface area (Å²) in [5, 5.41) is 10.3. The molecule has 2 amide bonds. The van der Waals surface area contributed by atoms with Crippen LogP contribution in [0.3, 0.4) is 0 Å². The Morgan fingerprint density at radius 1 is 0.809 bits per heavy atom. The van der Waals surface area contributed by atoms with Crippen molar-refractivity contribution in [2.75, 3.05) is 94.2 Å². The van der Waals surface area contributed by atoms with Gasteiger partial charge in [0.25, 0.3) is 11.8 Å². The molecule has 0 aromatic heterocycles. The molecule has 3 aliphatic rings. The Kier molecular flexibility index (Phi) is 15.4. The van der Waals surface area contributed by atoms with Gasteiger partial charge in [-0.2, -0.15) is 12.6 Å². The zero-order chi connectivity index (χ0) is 47.8. The van der Waals surface area contributed by atoms with Gasteiger partial charge in [0.05, 0.1) is 75.8 Å². The van der Waals surface area contributed by atoms with E-state index in [1.54, 1.807) is 48.3 Å². The van der Waals surface area contributed by atoms with Gasteiger partial charge in [-0.05, 0) is 85.0 Å². The summed E-state index contributed by atoms with van der Waals surface area (Å²) < 4.78 is 40.9. The van der Waals surface area contributed by atoms with Gasteiger partial charge < -0.3 is 43.0 Å². The number of carbonyl (C=O) groups excluding carboxylic acids is 2. The molecule has 16 heteroatoms. The molecule has 0 aliphatic carbocycles. The predicted molar refractivity (Wildman–Crippen MR) is 266 cm³/mol. The number of thiol groups is 1. The average molecular weight is 946 g/mol. The molecule has 0 radical (unpaired) electrons. The fourth-order valence-electron chi connectivity index (χ4n) is 8.81. The third kappa shape index (κ3) is 11.0. The molecule has 3 heterocycles. The van der Waals surface area contributed by atoms with E-state index in [0.29, 0.717) is 93.3 Å². The molecule has 8 rings (SSSR count). The molecule has 2 N–H and O–H groups in total. The highest BCUT2D eigenvalue weighted by Gasteiger charge is 2.37. The molecule has 5 aromatic rings. The smallest absolute Gasteiger partial charge is 0.261 e. The summed E-state index contributed by atoms with van der Waals surface area (Å²) in [5.41, 5.74) is 9.96. The Morgan fingerprint density at radius 3 is 2.15 bits per heavy atom. The van der Waals surface area contributed by atoms with Gasteiger partial charge in [-0.25, -0.2) is 0 Å². The zero-order valence-electron chi connectivity index (χ0n) is 39.2. The minimum absolute atomic E-state index is 0.0854. The van der Waals surface area contributed by atoms with Crippen LogP contribution in [0.2, 0.25) is 0 Å². The minimum atomic E-state index is -0.381. The summed E-state index contributed by atoms with van der Waals surface area (Å²) in [6.45, 7) is 8.31. The molecule has 1 atom stereocenters. The summed E-state index contributed by atoms with van der Waals surface area (Å²) in [4.78, 5) is 38.5. The Labute approximate surface area is 402 Å². The van der Waals surface area contributed by atoms with Gasteiger partial charge in [-0.1, -0.05) is 36.4 Å². The zero-order valence-corrected chi connectivity index (χ0v) is 40.1. The number of nitrogens with one attached hydrogen (secondary N) is 1. The van der Waals surface area contributed by atoms with Crippen molar-refractivity contribution in [1.29, 1.82) is 0 Å². The molecule has 15 nitrogen and oxygen atoms in total. The summed E-state index contributed by atoms with van der Waals surface area (Å²) in [6, 6.07) is 28.2. The van der Waals surface area contributed by atoms with Crippen molar-refractivity contribution in [2.24, 2.45) is 4.99 Å². The van der Waals surface area contributed by atoms with Gasteiger partial charge in [0.2, 0.25) is 0 Å². The summed E-state index contributed by atoms with van der Waals surface area (Å²) in [7, 11) is 4.70. The van der Waals surface area contributed by atoms with Gasteiger partial charge >= 0.3 is 0 Å². The number of carbonyl (C=O) groups is 2. The Morgan fingerprint density at radius 2 is 1.46 bits per heavy atom. The van der Waals surface area contributed by atoms with Crippen molar-refractivity contribution >= 4 is 59.1 Å². The van der Waals surface area contributed by atoms with Crippen LogP contribution in [-0.2, 0) is 40.3 Å². The molecule has 5 aromatic carbocycles. The fourth-order valence-corrected chi connectivity index (χ4v) is 8.98. The number of hydrogen-bond donors (Lipinski definition) is 3. The van der Waals surface area contributed by atoms with E-state index < -0.39 is 0 Å². The molecule has 0 saturated heterocycles. The van der Waals surface area contributed by atoms with E-state index in [0.717, 1.165) is 45.7 Å². The van der Waals surface area contributed by atoms with E-state index in [9.17, 15) is 14.8 Å². The molecule has 68 heavy (non-hydrogen) atoms. The summed E-state index contributed by atoms with van der Waals surface area (Å²) >= 11 is 4.92. The third-order valence-electron chi connectivity index (χ3n) is 12.0. The highest BCUT2D eigenvalue weighted by Crippen LogP contribution is 2.42. The average Bonchev–Trinajstić information content (AvgIpc) is 3.92. The topological polar surface area (TPSA) is 153 Å². The molecular weight excluding hydrogens is 887 g/mol. The van der Waals surface area contributed by atoms with Gasteiger partial charge in [0.1, 0.15) is 13.2 Å². The van der Waals surface area contributed by atoms with Crippen LogP contribution >= 0.6 is 12.6 Å². The van der Waals surface area contributed by atoms with Crippen LogP contribution in [0, 0.1) is 0 Å². The number of anilines is 4. The molecule has 358 valence electrons. The van der Waals surface area contributed by atoms with E-state index in [-0.39, 0.29) is 47.1 Å². The van der Waals surface area contributed by atoms with Crippen molar-refractivity contribution in [2.45, 2.75) is 50.7 Å². The highest BCUT2D eigenvalue weighted by molar-refractivity contribution is 7.81. The SMILES string of the molecule is COCCOCCOCCN(CC(C)(C)S)c1cc(COc2cc3c(cc2OC)C(=O)N2c4ccccc4C[C@H]2C=N3)cc(COc2cc(NO)c(C(=O)N3CCc4ccccc43)cc2OC)c1. The number of para-hydroxylation sites is 2. The molecule has 0 fully saturated rings. The van der Waals surface area contributed by atoms with Crippen molar-refractivity contribution < 1.29 is 48.0 Å². The maximum atomic E-state index is 14.1. The third-order valence-corrected chi connectivity index (χ3v) is 12.1. The van der Waals surface area contributed by atoms with Gasteiger partial charge in [0, 0.05) is 73.3 Å². The summed E-state index contributed by atoms with van der Waals surface area (Å²) in [6.07, 6.45) is 3.25. The quantitative estimate of drug-likeness (QED) is 0.0347. The maximum absolute atomic E-state index is 14.1. The van der Waals surface area contributed by atoms with Crippen LogP contribution in [0.1, 0.15) is 56.8 Å². The monoisotopic (exact) mass is 945 g/mol. The maximum Gasteiger partial charge on any atom is 0.261 e. The minimum Gasteiger partial charge on any atom is -0.493 e. The van der Waals surface area contributed by atoms with Crippen LogP contribution in [0.4, 0.5) is 28.4 Å². The van der Waals surface area contributed by atoms with E-state index in [1.807, 2.05) is 66.9 Å². The van der Waals surface area contributed by atoms with Crippen molar-refractivity contribution in [3.8, 4) is 23.0 Å². The number of aliphatic imine (C=N–C) groups is 1. The van der Waals surface area contributed by atoms with Gasteiger partial charge in [-0.3, -0.25) is 30.2 Å². The first kappa shape index (κ1) is 48.2. The second-order valence-electron chi connectivity index (χ2n) is 17.4. The second-order valence-corrected chi connectivity index (χ2v) is 18.6. The van der Waals surface area contributed by atoms with E-state index in [2.05, 4.69) is 30.3 Å². The number of fused-ring (bicyclic) bond motifs is 5. The van der Waals surface area contributed by atoms with Crippen molar-refractivity contribution in [3.63, 3.8) is 0 Å². The van der Waals surface area contributed by atoms with Crippen LogP contribution in [0.15, 0.2) is 96.0 Å². The molecule has 0 unspecified atom stereocenters. The number of nitrogens with zero attached hydrogens (tertiary/aromatic N) is 4. The molecule has 0 saturated carbocycles. The van der Waals surface area contributed by atoms with E-state index >= 15 is 0 Å². The number of benzene rings is 5. The van der Waals surface area contributed by atoms with Crippen LogP contribution in [0.25, 0.3) is 0 Å². The largest absolute Gasteiger partial charge is 0.493 e. The number of rotatable bonds is 22. The Hall–Kier alpha value is -6.30.